The van der Waals surface area contributed by atoms with Gasteiger partial charge in [0.25, 0.3) is 0 Å². The molecule has 1 aromatic rings. The highest BCUT2D eigenvalue weighted by Crippen LogP contribution is 2.24. The molecule has 0 saturated carbocycles. The van der Waals surface area contributed by atoms with Crippen molar-refractivity contribution in [2.24, 2.45) is 0 Å². The van der Waals surface area contributed by atoms with E-state index in [1.54, 1.807) is 0 Å². The fraction of sp³-hybridized carbons (Fsp3) is 0.462. The average Bonchev–Trinajstić information content (AvgIpc) is 2.75. The molecule has 1 aliphatic rings. The van der Waals surface area contributed by atoms with Gasteiger partial charge < -0.3 is 9.64 Å². The minimum absolute atomic E-state index is 0.278. The Morgan fingerprint density at radius 3 is 2.56 bits per heavy atom. The fourth-order valence-corrected chi connectivity index (χ4v) is 2.19. The van der Waals surface area contributed by atoms with Gasteiger partial charge in [0.15, 0.2) is 0 Å². The standard InChI is InChI=1S/C13H16N2O/c1-10-13(7-8-16-10)15(2)12-5-3-11(9-14)4-6-12/h3-6,10,13H,7-8H2,1-2H3. The largest absolute Gasteiger partial charge is 0.376 e. The summed E-state index contributed by atoms with van der Waals surface area (Å²) >= 11 is 0. The molecule has 0 radical (unpaired) electrons. The summed E-state index contributed by atoms with van der Waals surface area (Å²) in [5.41, 5.74) is 1.84. The number of anilines is 1. The molecule has 84 valence electrons. The lowest BCUT2D eigenvalue weighted by molar-refractivity contribution is 0.118. The maximum atomic E-state index is 8.74. The summed E-state index contributed by atoms with van der Waals surface area (Å²) in [7, 11) is 2.08. The van der Waals surface area contributed by atoms with Crippen molar-refractivity contribution in [3.05, 3.63) is 29.8 Å². The van der Waals surface area contributed by atoms with Crippen LogP contribution in [-0.2, 0) is 4.74 Å². The van der Waals surface area contributed by atoms with E-state index in [2.05, 4.69) is 24.9 Å². The molecular formula is C13H16N2O. The van der Waals surface area contributed by atoms with Crippen molar-refractivity contribution in [2.45, 2.75) is 25.5 Å². The molecular weight excluding hydrogens is 200 g/mol. The van der Waals surface area contributed by atoms with Crippen LogP contribution in [0.2, 0.25) is 0 Å². The third kappa shape index (κ3) is 2.02. The van der Waals surface area contributed by atoms with Crippen LogP contribution in [-0.4, -0.2) is 25.8 Å². The second-order valence-electron chi connectivity index (χ2n) is 4.20. The molecule has 2 atom stereocenters. The number of rotatable bonds is 2. The molecule has 0 N–H and O–H groups in total. The lowest BCUT2D eigenvalue weighted by atomic mass is 10.1. The second-order valence-corrected chi connectivity index (χ2v) is 4.20. The predicted molar refractivity (Wildman–Crippen MR) is 63.4 cm³/mol. The van der Waals surface area contributed by atoms with Gasteiger partial charge >= 0.3 is 0 Å². The van der Waals surface area contributed by atoms with Gasteiger partial charge in [-0.15, -0.1) is 0 Å². The summed E-state index contributed by atoms with van der Waals surface area (Å²) in [5, 5.41) is 8.74. The average molecular weight is 216 g/mol. The van der Waals surface area contributed by atoms with Crippen LogP contribution >= 0.6 is 0 Å². The van der Waals surface area contributed by atoms with Gasteiger partial charge in [-0.1, -0.05) is 0 Å². The predicted octanol–water partition coefficient (Wildman–Crippen LogP) is 2.17. The van der Waals surface area contributed by atoms with Crippen molar-refractivity contribution in [1.29, 1.82) is 5.26 Å². The van der Waals surface area contributed by atoms with Gasteiger partial charge in [-0.2, -0.15) is 5.26 Å². The summed E-state index contributed by atoms with van der Waals surface area (Å²) in [6.07, 6.45) is 1.35. The minimum Gasteiger partial charge on any atom is -0.376 e. The van der Waals surface area contributed by atoms with Gasteiger partial charge in [-0.3, -0.25) is 0 Å². The summed E-state index contributed by atoms with van der Waals surface area (Å²) in [4.78, 5) is 2.23. The Kier molecular flexibility index (Phi) is 3.12. The lowest BCUT2D eigenvalue weighted by Gasteiger charge is -2.28. The molecule has 1 heterocycles. The van der Waals surface area contributed by atoms with E-state index >= 15 is 0 Å². The van der Waals surface area contributed by atoms with E-state index in [-0.39, 0.29) is 6.10 Å². The molecule has 0 aromatic heterocycles. The van der Waals surface area contributed by atoms with Gasteiger partial charge in [0.1, 0.15) is 0 Å². The zero-order valence-electron chi connectivity index (χ0n) is 9.68. The number of likely N-dealkylation sites (N-methyl/N-ethyl adjacent to an activating group) is 1. The topological polar surface area (TPSA) is 36.3 Å². The summed E-state index contributed by atoms with van der Waals surface area (Å²) < 4.78 is 5.56. The zero-order valence-corrected chi connectivity index (χ0v) is 9.68. The van der Waals surface area contributed by atoms with E-state index in [4.69, 9.17) is 10.00 Å². The van der Waals surface area contributed by atoms with Crippen molar-refractivity contribution in [2.75, 3.05) is 18.6 Å². The van der Waals surface area contributed by atoms with Crippen LogP contribution in [0.25, 0.3) is 0 Å². The first-order valence-electron chi connectivity index (χ1n) is 5.57. The quantitative estimate of drug-likeness (QED) is 0.760. The van der Waals surface area contributed by atoms with Gasteiger partial charge in [-0.25, -0.2) is 0 Å². The monoisotopic (exact) mass is 216 g/mol. The van der Waals surface area contributed by atoms with Crippen LogP contribution < -0.4 is 4.90 Å². The molecule has 0 spiro atoms. The second kappa shape index (κ2) is 4.54. The molecule has 0 amide bonds. The van der Waals surface area contributed by atoms with E-state index < -0.39 is 0 Å². The van der Waals surface area contributed by atoms with E-state index in [1.807, 2.05) is 24.3 Å². The number of hydrogen-bond donors (Lipinski definition) is 0. The number of ether oxygens (including phenoxy) is 1. The highest BCUT2D eigenvalue weighted by molar-refractivity contribution is 5.50. The zero-order chi connectivity index (χ0) is 11.5. The van der Waals surface area contributed by atoms with Crippen molar-refractivity contribution >= 4 is 5.69 Å². The first-order chi connectivity index (χ1) is 7.72. The maximum absolute atomic E-state index is 8.74. The molecule has 2 rings (SSSR count). The smallest absolute Gasteiger partial charge is 0.0991 e. The first-order valence-corrected chi connectivity index (χ1v) is 5.57. The van der Waals surface area contributed by atoms with E-state index in [9.17, 15) is 0 Å². The van der Waals surface area contributed by atoms with Gasteiger partial charge in [0.05, 0.1) is 23.8 Å². The van der Waals surface area contributed by atoms with Crippen LogP contribution in [0.3, 0.4) is 0 Å². The molecule has 3 nitrogen and oxygen atoms in total. The maximum Gasteiger partial charge on any atom is 0.0991 e. The van der Waals surface area contributed by atoms with Crippen molar-refractivity contribution in [1.82, 2.24) is 0 Å². The molecule has 2 unspecified atom stereocenters. The Morgan fingerprint density at radius 2 is 2.06 bits per heavy atom. The Hall–Kier alpha value is -1.53. The molecule has 0 bridgehead atoms. The number of nitrogens with zero attached hydrogens (tertiary/aromatic N) is 2. The molecule has 1 saturated heterocycles. The highest BCUT2D eigenvalue weighted by Gasteiger charge is 2.27. The van der Waals surface area contributed by atoms with Crippen LogP contribution in [0.15, 0.2) is 24.3 Å². The molecule has 1 fully saturated rings. The molecule has 1 aromatic carbocycles. The summed E-state index contributed by atoms with van der Waals surface area (Å²) in [6, 6.07) is 10.3. The summed E-state index contributed by atoms with van der Waals surface area (Å²) in [5.74, 6) is 0. The van der Waals surface area contributed by atoms with E-state index in [0.29, 0.717) is 11.6 Å². The summed E-state index contributed by atoms with van der Waals surface area (Å²) in [6.45, 7) is 2.95. The lowest BCUT2D eigenvalue weighted by Crippen LogP contribution is -2.36. The van der Waals surface area contributed by atoms with Crippen molar-refractivity contribution < 1.29 is 4.74 Å². The normalized spacial score (nSPS) is 24.1. The van der Waals surface area contributed by atoms with Crippen LogP contribution in [0.1, 0.15) is 18.9 Å². The molecule has 1 aliphatic heterocycles. The number of benzene rings is 1. The first kappa shape index (κ1) is 11.0. The fourth-order valence-electron chi connectivity index (χ4n) is 2.19. The Bertz CT molecular complexity index is 393. The SMILES string of the molecule is CC1OCCC1N(C)c1ccc(C#N)cc1. The molecule has 0 aliphatic carbocycles. The Morgan fingerprint density at radius 1 is 1.38 bits per heavy atom. The number of hydrogen-bond acceptors (Lipinski definition) is 3. The Labute approximate surface area is 96.2 Å². The van der Waals surface area contributed by atoms with E-state index in [0.717, 1.165) is 18.7 Å². The van der Waals surface area contributed by atoms with Gasteiger partial charge in [-0.05, 0) is 37.6 Å². The third-order valence-corrected chi connectivity index (χ3v) is 3.24. The van der Waals surface area contributed by atoms with Gasteiger partial charge in [0, 0.05) is 19.3 Å². The molecule has 3 heteroatoms. The highest BCUT2D eigenvalue weighted by atomic mass is 16.5. The third-order valence-electron chi connectivity index (χ3n) is 3.24. The van der Waals surface area contributed by atoms with Crippen LogP contribution in [0.4, 0.5) is 5.69 Å². The van der Waals surface area contributed by atoms with Crippen LogP contribution in [0.5, 0.6) is 0 Å². The number of nitriles is 1. The molecule has 16 heavy (non-hydrogen) atoms. The Balaban J connectivity index is 2.14. The van der Waals surface area contributed by atoms with Gasteiger partial charge in [0.2, 0.25) is 0 Å². The van der Waals surface area contributed by atoms with Crippen LogP contribution in [0, 0.1) is 11.3 Å². The van der Waals surface area contributed by atoms with Crippen molar-refractivity contribution in [3.63, 3.8) is 0 Å². The minimum atomic E-state index is 0.278. The van der Waals surface area contributed by atoms with E-state index in [1.165, 1.54) is 0 Å². The van der Waals surface area contributed by atoms with Crippen molar-refractivity contribution in [3.8, 4) is 6.07 Å².